The number of rotatable bonds is 10. The molecule has 9 nitrogen and oxygen atoms in total. The van der Waals surface area contributed by atoms with Gasteiger partial charge in [0.15, 0.2) is 15.6 Å². The zero-order valence-electron chi connectivity index (χ0n) is 27.4. The number of carbonyl (C=O) groups excluding carboxylic acids is 1. The summed E-state index contributed by atoms with van der Waals surface area (Å²) in [5, 5.41) is 11.8. The number of amides is 1. The molecule has 1 spiro atoms. The summed E-state index contributed by atoms with van der Waals surface area (Å²) in [6.45, 7) is 0. The molecule has 2 N–H and O–H groups in total. The van der Waals surface area contributed by atoms with Crippen LogP contribution >= 0.6 is 0 Å². The van der Waals surface area contributed by atoms with E-state index in [4.69, 9.17) is 9.47 Å². The van der Waals surface area contributed by atoms with Gasteiger partial charge in [0, 0.05) is 24.6 Å². The lowest BCUT2D eigenvalue weighted by atomic mass is 9.95. The Balaban J connectivity index is 1.13. The summed E-state index contributed by atoms with van der Waals surface area (Å²) in [7, 11) is -3.43. The normalized spacial score (nSPS) is 23.2. The highest BCUT2D eigenvalue weighted by Crippen LogP contribution is 2.55. The van der Waals surface area contributed by atoms with Gasteiger partial charge in [0.25, 0.3) is 5.91 Å². The van der Waals surface area contributed by atoms with Crippen LogP contribution in [0.1, 0.15) is 95.7 Å². The Labute approximate surface area is 291 Å². The zero-order valence-corrected chi connectivity index (χ0v) is 28.2. The van der Waals surface area contributed by atoms with Crippen molar-refractivity contribution >= 4 is 33.1 Å². The third-order valence-electron chi connectivity index (χ3n) is 10.2. The molecule has 1 aromatic heterocycles. The fourth-order valence-corrected chi connectivity index (χ4v) is 9.24. The number of hydrogen-bond acceptors (Lipinski definition) is 7. The van der Waals surface area contributed by atoms with Crippen molar-refractivity contribution in [2.75, 3.05) is 5.32 Å². The Bertz CT molecular complexity index is 2010. The third-order valence-corrected chi connectivity index (χ3v) is 12.5. The van der Waals surface area contributed by atoms with E-state index in [1.54, 1.807) is 12.1 Å². The predicted octanol–water partition coefficient (Wildman–Crippen LogP) is 7.64. The summed E-state index contributed by atoms with van der Waals surface area (Å²) in [5.74, 6) is -2.10. The maximum Gasteiger partial charge on any atom is 0.337 e. The quantitative estimate of drug-likeness (QED) is 0.162. The summed E-state index contributed by atoms with van der Waals surface area (Å²) in [6.07, 6.45) is 7.62. The highest BCUT2D eigenvalue weighted by Gasteiger charge is 2.52. The van der Waals surface area contributed by atoms with Gasteiger partial charge < -0.3 is 19.9 Å². The number of carbonyl (C=O) groups is 2. The van der Waals surface area contributed by atoms with Crippen LogP contribution in [0.5, 0.6) is 0 Å². The van der Waals surface area contributed by atoms with Gasteiger partial charge in [-0.05, 0) is 90.5 Å². The second kappa shape index (κ2) is 12.9. The summed E-state index contributed by atoms with van der Waals surface area (Å²) in [6, 6.07) is 28.3. The molecular formula is C40H38N2O7S. The number of hydrogen-bond donors (Lipinski definition) is 2. The topological polar surface area (TPSA) is 132 Å². The van der Waals surface area contributed by atoms with Gasteiger partial charge >= 0.3 is 5.97 Å². The lowest BCUT2D eigenvalue weighted by molar-refractivity contribution is -0.172. The number of allylic oxidation sites excluding steroid dienone is 1. The second-order valence-electron chi connectivity index (χ2n) is 13.9. The van der Waals surface area contributed by atoms with E-state index in [-0.39, 0.29) is 40.7 Å². The molecule has 4 aliphatic rings. The fraction of sp³-hybridized carbons (Fsp3) is 0.325. The van der Waals surface area contributed by atoms with Gasteiger partial charge in [-0.2, -0.15) is 0 Å². The first-order chi connectivity index (χ1) is 24.2. The number of sulfone groups is 1. The molecule has 1 aliphatic heterocycles. The molecule has 0 bridgehead atoms. The number of benzene rings is 3. The number of anilines is 1. The number of carboxylic acid groups (broad SMARTS) is 1. The summed E-state index contributed by atoms with van der Waals surface area (Å²) in [4.78, 5) is 30.0. The molecule has 3 saturated carbocycles. The van der Waals surface area contributed by atoms with Crippen molar-refractivity contribution in [2.24, 2.45) is 5.92 Å². The average molecular weight is 691 g/mol. The Morgan fingerprint density at radius 1 is 0.820 bits per heavy atom. The first-order valence-corrected chi connectivity index (χ1v) is 18.8. The van der Waals surface area contributed by atoms with E-state index in [0.717, 1.165) is 36.0 Å². The number of carboxylic acids is 1. The molecule has 1 amide bonds. The average Bonchev–Trinajstić information content (AvgIpc) is 4.08. The summed E-state index contributed by atoms with van der Waals surface area (Å²) >= 11 is 0. The molecule has 0 radical (unpaired) electrons. The molecule has 4 aromatic rings. The first-order valence-electron chi connectivity index (χ1n) is 17.3. The van der Waals surface area contributed by atoms with E-state index in [0.29, 0.717) is 41.7 Å². The van der Waals surface area contributed by atoms with Crippen molar-refractivity contribution in [2.45, 2.75) is 79.0 Å². The van der Waals surface area contributed by atoms with E-state index in [1.807, 2.05) is 48.5 Å². The van der Waals surface area contributed by atoms with Crippen molar-refractivity contribution in [3.63, 3.8) is 0 Å². The fourth-order valence-electron chi connectivity index (χ4n) is 7.31. The van der Waals surface area contributed by atoms with Crippen LogP contribution in [-0.4, -0.2) is 41.4 Å². The predicted molar refractivity (Wildman–Crippen MR) is 187 cm³/mol. The maximum absolute atomic E-state index is 14.1. The molecule has 10 heteroatoms. The Morgan fingerprint density at radius 3 is 2.02 bits per heavy atom. The molecule has 3 aromatic carbocycles. The van der Waals surface area contributed by atoms with E-state index in [2.05, 4.69) is 34.6 Å². The molecule has 2 heterocycles. The molecular weight excluding hydrogens is 653 g/mol. The minimum absolute atomic E-state index is 0.00994. The van der Waals surface area contributed by atoms with Gasteiger partial charge in [0.2, 0.25) is 0 Å². The van der Waals surface area contributed by atoms with E-state index in [1.165, 1.54) is 18.3 Å². The van der Waals surface area contributed by atoms with Crippen LogP contribution in [-0.2, 0) is 24.1 Å². The number of aromatic nitrogens is 1. The molecule has 3 aliphatic carbocycles. The maximum atomic E-state index is 14.1. The number of aromatic carboxylic acids is 1. The third kappa shape index (κ3) is 6.51. The molecule has 0 unspecified atom stereocenters. The van der Waals surface area contributed by atoms with Crippen molar-refractivity contribution < 1.29 is 32.6 Å². The number of ether oxygens (including phenoxy) is 2. The molecule has 256 valence electrons. The highest BCUT2D eigenvalue weighted by atomic mass is 32.2. The van der Waals surface area contributed by atoms with Gasteiger partial charge in [0.05, 0.1) is 15.7 Å². The number of nitrogens with zero attached hydrogens (tertiary/aromatic N) is 1. The Hall–Kier alpha value is -4.64. The van der Waals surface area contributed by atoms with E-state index in [9.17, 15) is 23.1 Å². The molecule has 50 heavy (non-hydrogen) atoms. The van der Waals surface area contributed by atoms with Crippen molar-refractivity contribution in [1.82, 2.24) is 4.98 Å². The van der Waals surface area contributed by atoms with Crippen molar-refractivity contribution in [1.29, 1.82) is 0 Å². The van der Waals surface area contributed by atoms with Gasteiger partial charge in [-0.25, -0.2) is 18.2 Å². The number of nitrogens with one attached hydrogen (secondary N) is 1. The molecule has 3 atom stereocenters. The van der Waals surface area contributed by atoms with Gasteiger partial charge in [0.1, 0.15) is 18.0 Å². The minimum Gasteiger partial charge on any atom is -0.478 e. The Morgan fingerprint density at radius 2 is 1.46 bits per heavy atom. The summed E-state index contributed by atoms with van der Waals surface area (Å²) < 4.78 is 40.4. The van der Waals surface area contributed by atoms with Crippen LogP contribution in [0, 0.1) is 5.92 Å². The van der Waals surface area contributed by atoms with Gasteiger partial charge in [-0.1, -0.05) is 72.8 Å². The monoisotopic (exact) mass is 690 g/mol. The molecule has 8 rings (SSSR count). The van der Waals surface area contributed by atoms with E-state index < -0.39 is 27.5 Å². The first kappa shape index (κ1) is 32.6. The zero-order chi connectivity index (χ0) is 34.5. The largest absolute Gasteiger partial charge is 0.478 e. The van der Waals surface area contributed by atoms with Crippen LogP contribution < -0.4 is 5.32 Å². The van der Waals surface area contributed by atoms with Crippen LogP contribution in [0.25, 0.3) is 5.57 Å². The highest BCUT2D eigenvalue weighted by molar-refractivity contribution is 7.92. The van der Waals surface area contributed by atoms with Crippen molar-refractivity contribution in [3.8, 4) is 0 Å². The molecule has 4 fully saturated rings. The second-order valence-corrected chi connectivity index (χ2v) is 16.1. The van der Waals surface area contributed by atoms with Gasteiger partial charge in [-0.3, -0.25) is 4.79 Å². The number of pyridine rings is 1. The van der Waals surface area contributed by atoms with E-state index >= 15 is 0 Å². The summed E-state index contributed by atoms with van der Waals surface area (Å²) in [5.41, 5.74) is 3.88. The van der Waals surface area contributed by atoms with Crippen LogP contribution in [0.15, 0.2) is 108 Å². The smallest absolute Gasteiger partial charge is 0.337 e. The lowest BCUT2D eigenvalue weighted by Crippen LogP contribution is -2.26. The van der Waals surface area contributed by atoms with Crippen LogP contribution in [0.4, 0.5) is 5.82 Å². The minimum atomic E-state index is -3.43. The Kier molecular flexibility index (Phi) is 8.41. The standard InChI is InChI=1S/C40H38N2O7S/c43-38(42-35-18-14-30(24-41-35)39(44)45)33(29-13-17-34(32(22-29)26-11-12-26)50(46,47)31-15-16-31)21-25-19-20-40(23-25)48-36(27-7-3-1-4-8-27)37(49-40)28-9-5-2-6-10-28/h1-10,13-14,17-18,21-22,24-26,31,36-37H,11-12,15-16,19-20,23H2,(H,44,45)(H,41,42,43)/b33-21+/t25-,36-,37-/m1/s1. The lowest BCUT2D eigenvalue weighted by Gasteiger charge is -2.23. The van der Waals surface area contributed by atoms with Crippen LogP contribution in [0.2, 0.25) is 0 Å². The SMILES string of the molecule is O=C(Nc1ccc(C(=O)O)cn1)/C(=C/[C@H]1CCC2(C1)O[C@H](c1ccccc1)[C@@H](c1ccccc1)O2)c1ccc(S(=O)(=O)C2CC2)c(C2CC2)c1. The van der Waals surface area contributed by atoms with Gasteiger partial charge in [-0.15, -0.1) is 0 Å². The van der Waals surface area contributed by atoms with Crippen LogP contribution in [0.3, 0.4) is 0 Å². The molecule has 1 saturated heterocycles. The van der Waals surface area contributed by atoms with Crippen molar-refractivity contribution in [3.05, 3.63) is 131 Å².